The molecule has 2 rings (SSSR count). The van der Waals surface area contributed by atoms with E-state index in [1.54, 1.807) is 6.92 Å². The van der Waals surface area contributed by atoms with Gasteiger partial charge in [-0.25, -0.2) is 8.42 Å². The number of hydrogen-bond donors (Lipinski definition) is 1. The van der Waals surface area contributed by atoms with Gasteiger partial charge in [-0.15, -0.1) is 0 Å². The average Bonchev–Trinajstić information content (AvgIpc) is 2.83. The Bertz CT molecular complexity index is 1200. The molecule has 1 N–H and O–H groups in total. The van der Waals surface area contributed by atoms with Gasteiger partial charge in [-0.2, -0.15) is 0 Å². The van der Waals surface area contributed by atoms with Crippen LogP contribution in [0.4, 0.5) is 11.4 Å². The molecule has 0 spiro atoms. The molecule has 0 unspecified atom stereocenters. The number of methoxy groups -OCH3 is 1. The number of nitrogens with zero attached hydrogens (tertiary/aromatic N) is 3. The predicted octanol–water partition coefficient (Wildman–Crippen LogP) is 2.62. The van der Waals surface area contributed by atoms with Crippen molar-refractivity contribution in [3.05, 3.63) is 63.7 Å². The van der Waals surface area contributed by atoms with Crippen molar-refractivity contribution in [2.75, 3.05) is 30.8 Å². The number of amides is 2. The Morgan fingerprint density at radius 3 is 2.33 bits per heavy atom. The van der Waals surface area contributed by atoms with Crippen LogP contribution in [-0.2, 0) is 26.2 Å². The number of anilines is 1. The standard InChI is InChI=1S/C24H32N4O7S/c1-6-13-25-24(30)18(3)26(15-19-9-7-17(2)8-10-19)23(29)16-27(36(5,33)34)21-14-20(28(31)32)11-12-22(21)35-4/h7-12,14,18H,6,13,15-16H2,1-5H3,(H,25,30)/t18-/m1/s1. The summed E-state index contributed by atoms with van der Waals surface area (Å²) in [6.07, 6.45) is 1.60. The van der Waals surface area contributed by atoms with Gasteiger partial charge >= 0.3 is 0 Å². The molecule has 0 saturated carbocycles. The number of sulfonamides is 1. The summed E-state index contributed by atoms with van der Waals surface area (Å²) in [5.41, 5.74) is 1.26. The molecular weight excluding hydrogens is 488 g/mol. The molecule has 0 saturated heterocycles. The van der Waals surface area contributed by atoms with E-state index >= 15 is 0 Å². The van der Waals surface area contributed by atoms with E-state index in [4.69, 9.17) is 4.74 Å². The molecule has 0 aliphatic carbocycles. The van der Waals surface area contributed by atoms with Crippen LogP contribution < -0.4 is 14.4 Å². The molecule has 11 nitrogen and oxygen atoms in total. The molecule has 1 atom stereocenters. The molecule has 0 fully saturated rings. The summed E-state index contributed by atoms with van der Waals surface area (Å²) in [7, 11) is -2.79. The highest BCUT2D eigenvalue weighted by molar-refractivity contribution is 7.92. The lowest BCUT2D eigenvalue weighted by Crippen LogP contribution is -2.51. The molecule has 0 heterocycles. The van der Waals surface area contributed by atoms with E-state index < -0.39 is 33.4 Å². The van der Waals surface area contributed by atoms with Crippen molar-refractivity contribution in [1.82, 2.24) is 10.2 Å². The predicted molar refractivity (Wildman–Crippen MR) is 136 cm³/mol. The fourth-order valence-corrected chi connectivity index (χ4v) is 4.30. The third-order valence-electron chi connectivity index (χ3n) is 5.51. The Morgan fingerprint density at radius 1 is 1.17 bits per heavy atom. The monoisotopic (exact) mass is 520 g/mol. The molecule has 2 aromatic rings. The first-order chi connectivity index (χ1) is 16.9. The van der Waals surface area contributed by atoms with Gasteiger partial charge in [-0.3, -0.25) is 24.0 Å². The maximum Gasteiger partial charge on any atom is 0.271 e. The Balaban J connectivity index is 2.49. The highest BCUT2D eigenvalue weighted by Crippen LogP contribution is 2.33. The highest BCUT2D eigenvalue weighted by Gasteiger charge is 2.31. The normalized spacial score (nSPS) is 11.9. The number of non-ortho nitro benzene ring substituents is 1. The summed E-state index contributed by atoms with van der Waals surface area (Å²) in [5.74, 6) is -0.998. The quantitative estimate of drug-likeness (QED) is 0.335. The SMILES string of the molecule is CCCNC(=O)[C@@H](C)N(Cc1ccc(C)cc1)C(=O)CN(c1cc([N+](=O)[O-])ccc1OC)S(C)(=O)=O. The average molecular weight is 521 g/mol. The molecule has 196 valence electrons. The van der Waals surface area contributed by atoms with Crippen molar-refractivity contribution in [2.24, 2.45) is 0 Å². The van der Waals surface area contributed by atoms with Crippen molar-refractivity contribution in [3.63, 3.8) is 0 Å². The summed E-state index contributed by atoms with van der Waals surface area (Å²) in [6.45, 7) is 5.18. The second-order valence-corrected chi connectivity index (χ2v) is 10.3. The minimum Gasteiger partial charge on any atom is -0.495 e. The van der Waals surface area contributed by atoms with E-state index in [2.05, 4.69) is 5.32 Å². The van der Waals surface area contributed by atoms with Gasteiger partial charge in [0.1, 0.15) is 24.0 Å². The lowest BCUT2D eigenvalue weighted by molar-refractivity contribution is -0.384. The van der Waals surface area contributed by atoms with E-state index in [0.717, 1.165) is 27.8 Å². The van der Waals surface area contributed by atoms with Crippen molar-refractivity contribution < 1.29 is 27.7 Å². The molecule has 0 radical (unpaired) electrons. The van der Waals surface area contributed by atoms with Crippen molar-refractivity contribution in [3.8, 4) is 5.75 Å². The van der Waals surface area contributed by atoms with Crippen molar-refractivity contribution in [1.29, 1.82) is 0 Å². The van der Waals surface area contributed by atoms with E-state index in [1.165, 1.54) is 24.1 Å². The molecule has 0 aromatic heterocycles. The summed E-state index contributed by atoms with van der Waals surface area (Å²) >= 11 is 0. The van der Waals surface area contributed by atoms with Gasteiger partial charge in [0.05, 0.1) is 18.3 Å². The first kappa shape index (κ1) is 28.6. The van der Waals surface area contributed by atoms with Crippen LogP contribution in [-0.4, -0.2) is 62.6 Å². The van der Waals surface area contributed by atoms with Gasteiger partial charge in [0.25, 0.3) is 5.69 Å². The number of carbonyl (C=O) groups is 2. The van der Waals surface area contributed by atoms with Crippen LogP contribution in [0.5, 0.6) is 5.75 Å². The lowest BCUT2D eigenvalue weighted by atomic mass is 10.1. The van der Waals surface area contributed by atoms with Gasteiger partial charge < -0.3 is 15.0 Å². The zero-order valence-corrected chi connectivity index (χ0v) is 21.9. The van der Waals surface area contributed by atoms with Gasteiger partial charge in [0, 0.05) is 25.2 Å². The van der Waals surface area contributed by atoms with E-state index in [0.29, 0.717) is 13.0 Å². The fourth-order valence-electron chi connectivity index (χ4n) is 3.45. The van der Waals surface area contributed by atoms with Crippen LogP contribution in [0.1, 0.15) is 31.4 Å². The number of aryl methyl sites for hydroxylation is 1. The van der Waals surface area contributed by atoms with Gasteiger partial charge in [0.15, 0.2) is 0 Å². The van der Waals surface area contributed by atoms with Crippen LogP contribution in [0, 0.1) is 17.0 Å². The van der Waals surface area contributed by atoms with Crippen molar-refractivity contribution in [2.45, 2.75) is 39.8 Å². The third kappa shape index (κ3) is 7.41. The number of carbonyl (C=O) groups excluding carboxylic acids is 2. The molecule has 2 aromatic carbocycles. The van der Waals surface area contributed by atoms with E-state index in [1.807, 2.05) is 38.1 Å². The fraction of sp³-hybridized carbons (Fsp3) is 0.417. The summed E-state index contributed by atoms with van der Waals surface area (Å²) < 4.78 is 31.4. The molecule has 0 bridgehead atoms. The first-order valence-corrected chi connectivity index (χ1v) is 13.2. The lowest BCUT2D eigenvalue weighted by Gasteiger charge is -2.31. The number of hydrogen-bond acceptors (Lipinski definition) is 7. The Morgan fingerprint density at radius 2 is 1.81 bits per heavy atom. The Hall–Kier alpha value is -3.67. The number of benzene rings is 2. The molecule has 0 aliphatic heterocycles. The zero-order valence-electron chi connectivity index (χ0n) is 21.1. The van der Waals surface area contributed by atoms with Crippen LogP contribution in [0.3, 0.4) is 0 Å². The minimum absolute atomic E-state index is 0.0395. The van der Waals surface area contributed by atoms with Gasteiger partial charge in [-0.05, 0) is 31.9 Å². The number of nitro benzene ring substituents is 1. The summed E-state index contributed by atoms with van der Waals surface area (Å²) in [4.78, 5) is 38.2. The topological polar surface area (TPSA) is 139 Å². The van der Waals surface area contributed by atoms with E-state index in [9.17, 15) is 28.1 Å². The zero-order chi connectivity index (χ0) is 27.0. The largest absolute Gasteiger partial charge is 0.495 e. The van der Waals surface area contributed by atoms with E-state index in [-0.39, 0.29) is 29.6 Å². The van der Waals surface area contributed by atoms with Crippen LogP contribution in [0.15, 0.2) is 42.5 Å². The summed E-state index contributed by atoms with van der Waals surface area (Å²) in [6, 6.07) is 9.96. The maximum atomic E-state index is 13.5. The molecular formula is C24H32N4O7S. The molecule has 2 amide bonds. The number of ether oxygens (including phenoxy) is 1. The van der Waals surface area contributed by atoms with Gasteiger partial charge in [-0.1, -0.05) is 36.8 Å². The number of nitro groups is 1. The maximum absolute atomic E-state index is 13.5. The second kappa shape index (κ2) is 12.3. The molecule has 0 aliphatic rings. The van der Waals surface area contributed by atoms with Crippen molar-refractivity contribution >= 4 is 33.2 Å². The number of nitrogens with one attached hydrogen (secondary N) is 1. The summed E-state index contributed by atoms with van der Waals surface area (Å²) in [5, 5.41) is 14.1. The third-order valence-corrected chi connectivity index (χ3v) is 6.64. The minimum atomic E-state index is -4.08. The second-order valence-electron chi connectivity index (χ2n) is 8.36. The molecule has 12 heteroatoms. The highest BCUT2D eigenvalue weighted by atomic mass is 32.2. The van der Waals surface area contributed by atoms with Gasteiger partial charge in [0.2, 0.25) is 21.8 Å². The van der Waals surface area contributed by atoms with Crippen LogP contribution >= 0.6 is 0 Å². The molecule has 36 heavy (non-hydrogen) atoms. The number of rotatable bonds is 12. The smallest absolute Gasteiger partial charge is 0.271 e. The Labute approximate surface area is 211 Å². The van der Waals surface area contributed by atoms with Crippen LogP contribution in [0.25, 0.3) is 0 Å². The first-order valence-electron chi connectivity index (χ1n) is 11.3. The van der Waals surface area contributed by atoms with Crippen LogP contribution in [0.2, 0.25) is 0 Å². The Kier molecular flexibility index (Phi) is 9.79.